The van der Waals surface area contributed by atoms with E-state index in [0.29, 0.717) is 11.6 Å². The number of phenols is 1. The number of hydrogen-bond donors (Lipinski definition) is 2. The Morgan fingerprint density at radius 2 is 2.15 bits per heavy atom. The molecule has 3 aromatic rings. The maximum Gasteiger partial charge on any atom is 0.154 e. The summed E-state index contributed by atoms with van der Waals surface area (Å²) in [6, 6.07) is 15.9. The Kier molecular flexibility index (Phi) is 5.03. The molecule has 1 saturated heterocycles. The molecule has 0 amide bonds. The van der Waals surface area contributed by atoms with E-state index in [4.69, 9.17) is 0 Å². The van der Waals surface area contributed by atoms with Gasteiger partial charge < -0.3 is 15.3 Å². The number of phenolic OH excluding ortho intramolecular Hbond substituents is 1. The van der Waals surface area contributed by atoms with Crippen molar-refractivity contribution in [3.05, 3.63) is 66.0 Å². The fraction of sp³-hybridized carbons (Fsp3) is 0.273. The minimum absolute atomic E-state index is 0.0296. The number of nitrogens with zero attached hydrogens (tertiary/aromatic N) is 2. The third-order valence-corrected chi connectivity index (χ3v) is 5.22. The standard InChI is InChI=1S/C22H23N3O2/c26-15-21-20-8-7-19(12-16(20)6-9-22(21)27)25-11-3-5-18(14-25)24-13-17-4-1-2-10-23-17/h1-2,4,6-10,12,15,18,24,27H,3,5,11,13-14H2. The predicted octanol–water partition coefficient (Wildman–Crippen LogP) is 3.51. The topological polar surface area (TPSA) is 65.5 Å². The van der Waals surface area contributed by atoms with Crippen molar-refractivity contribution in [2.45, 2.75) is 25.4 Å². The van der Waals surface area contributed by atoms with Crippen LogP contribution in [0, 0.1) is 0 Å². The van der Waals surface area contributed by atoms with E-state index in [1.807, 2.05) is 42.6 Å². The molecule has 5 nitrogen and oxygen atoms in total. The van der Waals surface area contributed by atoms with Crippen LogP contribution in [0.25, 0.3) is 10.8 Å². The Morgan fingerprint density at radius 1 is 1.22 bits per heavy atom. The molecular weight excluding hydrogens is 338 g/mol. The summed E-state index contributed by atoms with van der Waals surface area (Å²) < 4.78 is 0. The Morgan fingerprint density at radius 3 is 2.96 bits per heavy atom. The van der Waals surface area contributed by atoms with Crippen LogP contribution in [0.2, 0.25) is 0 Å². The number of fused-ring (bicyclic) bond motifs is 1. The molecule has 2 heterocycles. The van der Waals surface area contributed by atoms with Crippen molar-refractivity contribution < 1.29 is 9.90 Å². The summed E-state index contributed by atoms with van der Waals surface area (Å²) in [4.78, 5) is 18.0. The van der Waals surface area contributed by atoms with Gasteiger partial charge in [-0.05, 0) is 53.9 Å². The lowest BCUT2D eigenvalue weighted by Crippen LogP contribution is -2.45. The minimum atomic E-state index is 0.0296. The molecular formula is C22H23N3O2. The van der Waals surface area contributed by atoms with Crippen LogP contribution in [0.4, 0.5) is 5.69 Å². The number of nitrogens with one attached hydrogen (secondary N) is 1. The van der Waals surface area contributed by atoms with Crippen molar-refractivity contribution in [3.8, 4) is 5.75 Å². The van der Waals surface area contributed by atoms with E-state index in [2.05, 4.69) is 21.3 Å². The second-order valence-electron chi connectivity index (χ2n) is 7.01. The van der Waals surface area contributed by atoms with Crippen LogP contribution in [-0.2, 0) is 6.54 Å². The summed E-state index contributed by atoms with van der Waals surface area (Å²) in [7, 11) is 0. The molecule has 1 aromatic heterocycles. The van der Waals surface area contributed by atoms with E-state index in [1.54, 1.807) is 6.07 Å². The van der Waals surface area contributed by atoms with E-state index >= 15 is 0 Å². The summed E-state index contributed by atoms with van der Waals surface area (Å²) in [5, 5.41) is 15.2. The van der Waals surface area contributed by atoms with Gasteiger partial charge in [-0.1, -0.05) is 18.2 Å². The van der Waals surface area contributed by atoms with E-state index in [0.717, 1.165) is 60.9 Å². The largest absolute Gasteiger partial charge is 0.507 e. The van der Waals surface area contributed by atoms with E-state index in [-0.39, 0.29) is 5.75 Å². The molecule has 1 atom stereocenters. The maximum atomic E-state index is 11.3. The van der Waals surface area contributed by atoms with Gasteiger partial charge >= 0.3 is 0 Å². The van der Waals surface area contributed by atoms with Gasteiger partial charge in [-0.3, -0.25) is 9.78 Å². The lowest BCUT2D eigenvalue weighted by atomic mass is 10.0. The van der Waals surface area contributed by atoms with Crippen LogP contribution in [0.1, 0.15) is 28.9 Å². The van der Waals surface area contributed by atoms with Crippen molar-refractivity contribution in [3.63, 3.8) is 0 Å². The summed E-state index contributed by atoms with van der Waals surface area (Å²) in [5.74, 6) is 0.0296. The quantitative estimate of drug-likeness (QED) is 0.681. The summed E-state index contributed by atoms with van der Waals surface area (Å²) in [6.45, 7) is 2.74. The number of aromatic nitrogens is 1. The van der Waals surface area contributed by atoms with Crippen LogP contribution in [0.5, 0.6) is 5.75 Å². The molecule has 1 aliphatic heterocycles. The lowest BCUT2D eigenvalue weighted by Gasteiger charge is -2.35. The van der Waals surface area contributed by atoms with Crippen molar-refractivity contribution in [1.29, 1.82) is 0 Å². The number of carbonyl (C=O) groups excluding carboxylic acids is 1. The van der Waals surface area contributed by atoms with Crippen molar-refractivity contribution in [2.24, 2.45) is 0 Å². The molecule has 0 spiro atoms. The molecule has 1 fully saturated rings. The van der Waals surface area contributed by atoms with Gasteiger partial charge in [0.05, 0.1) is 11.3 Å². The first-order valence-electron chi connectivity index (χ1n) is 9.34. The van der Waals surface area contributed by atoms with Crippen molar-refractivity contribution >= 4 is 22.7 Å². The van der Waals surface area contributed by atoms with Gasteiger partial charge in [0.25, 0.3) is 0 Å². The molecule has 4 rings (SSSR count). The van der Waals surface area contributed by atoms with Crippen LogP contribution < -0.4 is 10.2 Å². The van der Waals surface area contributed by atoms with Gasteiger partial charge in [-0.25, -0.2) is 0 Å². The van der Waals surface area contributed by atoms with Gasteiger partial charge in [-0.2, -0.15) is 0 Å². The molecule has 0 bridgehead atoms. The zero-order chi connectivity index (χ0) is 18.6. The minimum Gasteiger partial charge on any atom is -0.507 e. The summed E-state index contributed by atoms with van der Waals surface area (Å²) >= 11 is 0. The number of piperidine rings is 1. The maximum absolute atomic E-state index is 11.3. The predicted molar refractivity (Wildman–Crippen MR) is 107 cm³/mol. The second kappa shape index (κ2) is 7.76. The van der Waals surface area contributed by atoms with Crippen molar-refractivity contribution in [1.82, 2.24) is 10.3 Å². The number of anilines is 1. The van der Waals surface area contributed by atoms with E-state index < -0.39 is 0 Å². The molecule has 0 saturated carbocycles. The van der Waals surface area contributed by atoms with Gasteiger partial charge in [-0.15, -0.1) is 0 Å². The van der Waals surface area contributed by atoms with E-state index in [1.165, 1.54) is 0 Å². The summed E-state index contributed by atoms with van der Waals surface area (Å²) in [6.07, 6.45) is 4.83. The first kappa shape index (κ1) is 17.5. The monoisotopic (exact) mass is 361 g/mol. The van der Waals surface area contributed by atoms with Gasteiger partial charge in [0.1, 0.15) is 5.75 Å². The average molecular weight is 361 g/mol. The van der Waals surface area contributed by atoms with Crippen LogP contribution in [0.3, 0.4) is 0 Å². The molecule has 0 radical (unpaired) electrons. The number of carbonyl (C=O) groups is 1. The summed E-state index contributed by atoms with van der Waals surface area (Å²) in [5.41, 5.74) is 2.56. The molecule has 2 N–H and O–H groups in total. The normalized spacial score (nSPS) is 17.2. The van der Waals surface area contributed by atoms with Crippen LogP contribution in [0.15, 0.2) is 54.7 Å². The van der Waals surface area contributed by atoms with Crippen LogP contribution in [-0.4, -0.2) is 35.5 Å². The molecule has 1 aliphatic rings. The molecule has 5 heteroatoms. The molecule has 138 valence electrons. The lowest BCUT2D eigenvalue weighted by molar-refractivity contribution is 0.112. The van der Waals surface area contributed by atoms with Crippen molar-refractivity contribution in [2.75, 3.05) is 18.0 Å². The number of rotatable bonds is 5. The Labute approximate surface area is 158 Å². The highest BCUT2D eigenvalue weighted by atomic mass is 16.3. The third kappa shape index (κ3) is 3.78. The van der Waals surface area contributed by atoms with Gasteiger partial charge in [0.2, 0.25) is 0 Å². The zero-order valence-electron chi connectivity index (χ0n) is 15.1. The number of aldehydes is 1. The fourth-order valence-electron chi connectivity index (χ4n) is 3.78. The number of benzene rings is 2. The Balaban J connectivity index is 1.49. The molecule has 0 aliphatic carbocycles. The number of hydrogen-bond acceptors (Lipinski definition) is 5. The fourth-order valence-corrected chi connectivity index (χ4v) is 3.78. The number of pyridine rings is 1. The average Bonchev–Trinajstić information content (AvgIpc) is 2.73. The first-order chi connectivity index (χ1) is 13.2. The first-order valence-corrected chi connectivity index (χ1v) is 9.34. The number of aromatic hydroxyl groups is 1. The van der Waals surface area contributed by atoms with E-state index in [9.17, 15) is 9.90 Å². The SMILES string of the molecule is O=Cc1c(O)ccc2cc(N3CCCC(NCc4ccccn4)C3)ccc12. The smallest absolute Gasteiger partial charge is 0.154 e. The highest BCUT2D eigenvalue weighted by molar-refractivity contribution is 6.01. The highest BCUT2D eigenvalue weighted by Gasteiger charge is 2.20. The molecule has 1 unspecified atom stereocenters. The zero-order valence-corrected chi connectivity index (χ0v) is 15.1. The van der Waals surface area contributed by atoms with Gasteiger partial charge in [0.15, 0.2) is 6.29 Å². The highest BCUT2D eigenvalue weighted by Crippen LogP contribution is 2.30. The molecule has 2 aromatic carbocycles. The molecule has 27 heavy (non-hydrogen) atoms. The third-order valence-electron chi connectivity index (χ3n) is 5.22. The van der Waals surface area contributed by atoms with Gasteiger partial charge in [0, 0.05) is 37.6 Å². The van der Waals surface area contributed by atoms with Crippen LogP contribution >= 0.6 is 0 Å². The Bertz CT molecular complexity index is 943. The second-order valence-corrected chi connectivity index (χ2v) is 7.01. The Hall–Kier alpha value is -2.92.